The first-order valence-electron chi connectivity index (χ1n) is 6.12. The Morgan fingerprint density at radius 3 is 2.62 bits per heavy atom. The van der Waals surface area contributed by atoms with Crippen LogP contribution in [0.2, 0.25) is 0 Å². The Balaban J connectivity index is 2.05. The summed E-state index contributed by atoms with van der Waals surface area (Å²) < 4.78 is 6.69. The van der Waals surface area contributed by atoms with Gasteiger partial charge in [0, 0.05) is 7.05 Å². The van der Waals surface area contributed by atoms with Crippen LogP contribution in [0.5, 0.6) is 17.4 Å². The number of aromatic nitrogens is 2. The predicted molar refractivity (Wildman–Crippen MR) is 75.5 cm³/mol. The molecule has 0 aliphatic carbocycles. The van der Waals surface area contributed by atoms with Crippen molar-refractivity contribution in [1.82, 2.24) is 9.78 Å². The van der Waals surface area contributed by atoms with E-state index in [1.165, 1.54) is 10.9 Å². The minimum Gasteiger partial charge on any atom is -0.504 e. The van der Waals surface area contributed by atoms with Gasteiger partial charge in [-0.1, -0.05) is 24.3 Å². The molecule has 0 unspecified atom stereocenters. The Kier molecular flexibility index (Phi) is 2.94. The average molecular weight is 285 g/mol. The Bertz CT molecular complexity index is 841. The molecule has 0 aliphatic heterocycles. The first-order valence-corrected chi connectivity index (χ1v) is 6.12. The summed E-state index contributed by atoms with van der Waals surface area (Å²) in [7, 11) is 1.56. The highest BCUT2D eigenvalue weighted by Gasteiger charge is 2.22. The summed E-state index contributed by atoms with van der Waals surface area (Å²) >= 11 is 0. The molecule has 0 radical (unpaired) electrons. The SMILES string of the molecule is Cn1cc([N+](=O)[O-])c(Oc2cc3ccccc3cc2O)n1. The third-order valence-corrected chi connectivity index (χ3v) is 3.01. The third kappa shape index (κ3) is 2.36. The number of aromatic hydroxyl groups is 1. The van der Waals surface area contributed by atoms with Crippen molar-refractivity contribution in [3.63, 3.8) is 0 Å². The summed E-state index contributed by atoms with van der Waals surface area (Å²) in [5.74, 6) is -0.141. The Morgan fingerprint density at radius 1 is 1.29 bits per heavy atom. The lowest BCUT2D eigenvalue weighted by atomic mass is 10.1. The maximum atomic E-state index is 10.9. The molecule has 0 atom stereocenters. The van der Waals surface area contributed by atoms with Crippen molar-refractivity contribution < 1.29 is 14.8 Å². The minimum absolute atomic E-state index is 0.103. The second-order valence-corrected chi connectivity index (χ2v) is 4.52. The van der Waals surface area contributed by atoms with Crippen molar-refractivity contribution >= 4 is 16.5 Å². The van der Waals surface area contributed by atoms with E-state index in [0.29, 0.717) is 0 Å². The summed E-state index contributed by atoms with van der Waals surface area (Å²) in [5.41, 5.74) is -0.259. The standard InChI is InChI=1S/C14H11N3O4/c1-16-8-11(17(19)20)14(15-16)21-13-7-10-5-3-2-4-9(10)6-12(13)18/h2-8,18H,1H3. The first-order chi connectivity index (χ1) is 10.0. The van der Waals surface area contributed by atoms with Crippen LogP contribution in [-0.2, 0) is 7.05 Å². The summed E-state index contributed by atoms with van der Waals surface area (Å²) in [4.78, 5) is 10.3. The zero-order valence-corrected chi connectivity index (χ0v) is 11.1. The molecule has 7 nitrogen and oxygen atoms in total. The van der Waals surface area contributed by atoms with Crippen molar-refractivity contribution in [3.8, 4) is 17.4 Å². The number of benzene rings is 2. The Hall–Kier alpha value is -3.09. The van der Waals surface area contributed by atoms with E-state index in [0.717, 1.165) is 10.8 Å². The van der Waals surface area contributed by atoms with Gasteiger partial charge in [0.15, 0.2) is 11.5 Å². The van der Waals surface area contributed by atoms with Gasteiger partial charge in [-0.05, 0) is 22.9 Å². The number of phenolic OH excluding ortho intramolecular Hbond substituents is 1. The van der Waals surface area contributed by atoms with Gasteiger partial charge in [0.25, 0.3) is 0 Å². The number of nitro groups is 1. The number of hydrogen-bond donors (Lipinski definition) is 1. The molecule has 0 aliphatic rings. The highest BCUT2D eigenvalue weighted by molar-refractivity contribution is 5.86. The molecular weight excluding hydrogens is 274 g/mol. The molecular formula is C14H11N3O4. The van der Waals surface area contributed by atoms with Gasteiger partial charge in [0.1, 0.15) is 6.20 Å². The van der Waals surface area contributed by atoms with Crippen molar-refractivity contribution in [2.45, 2.75) is 0 Å². The lowest BCUT2D eigenvalue weighted by Gasteiger charge is -2.06. The zero-order valence-electron chi connectivity index (χ0n) is 11.1. The number of hydrogen-bond acceptors (Lipinski definition) is 5. The van der Waals surface area contributed by atoms with Crippen LogP contribution in [0.1, 0.15) is 0 Å². The van der Waals surface area contributed by atoms with Crippen LogP contribution in [0.25, 0.3) is 10.8 Å². The first kappa shape index (κ1) is 12.9. The Labute approximate surface area is 119 Å². The number of fused-ring (bicyclic) bond motifs is 1. The van der Waals surface area contributed by atoms with Gasteiger partial charge in [-0.3, -0.25) is 14.8 Å². The van der Waals surface area contributed by atoms with Crippen molar-refractivity contribution in [2.75, 3.05) is 0 Å². The molecule has 0 fully saturated rings. The molecule has 1 aromatic heterocycles. The summed E-state index contributed by atoms with van der Waals surface area (Å²) in [6.07, 6.45) is 1.24. The van der Waals surface area contributed by atoms with E-state index in [-0.39, 0.29) is 23.1 Å². The van der Waals surface area contributed by atoms with Crippen molar-refractivity contribution in [1.29, 1.82) is 0 Å². The van der Waals surface area contributed by atoms with E-state index >= 15 is 0 Å². The van der Waals surface area contributed by atoms with Gasteiger partial charge >= 0.3 is 11.6 Å². The molecule has 1 heterocycles. The van der Waals surface area contributed by atoms with Crippen LogP contribution in [0.4, 0.5) is 5.69 Å². The smallest absolute Gasteiger partial charge is 0.350 e. The zero-order chi connectivity index (χ0) is 15.0. The van der Waals surface area contributed by atoms with Crippen LogP contribution >= 0.6 is 0 Å². The highest BCUT2D eigenvalue weighted by atomic mass is 16.6. The van der Waals surface area contributed by atoms with Gasteiger partial charge in [0.2, 0.25) is 0 Å². The Morgan fingerprint density at radius 2 is 1.95 bits per heavy atom. The predicted octanol–water partition coefficient (Wildman–Crippen LogP) is 2.98. The molecule has 21 heavy (non-hydrogen) atoms. The van der Waals surface area contributed by atoms with Crippen LogP contribution in [0.15, 0.2) is 42.6 Å². The third-order valence-electron chi connectivity index (χ3n) is 3.01. The maximum Gasteiger partial charge on any atom is 0.350 e. The topological polar surface area (TPSA) is 90.4 Å². The number of ether oxygens (including phenoxy) is 1. The summed E-state index contributed by atoms with van der Waals surface area (Å²) in [5, 5.41) is 26.5. The second kappa shape index (κ2) is 4.78. The molecule has 2 aromatic carbocycles. The molecule has 3 aromatic rings. The van der Waals surface area contributed by atoms with Crippen molar-refractivity contribution in [3.05, 3.63) is 52.7 Å². The summed E-state index contributed by atoms with van der Waals surface area (Å²) in [6.45, 7) is 0. The fraction of sp³-hybridized carbons (Fsp3) is 0.0714. The van der Waals surface area contributed by atoms with Gasteiger partial charge in [0.05, 0.1) is 4.92 Å². The van der Waals surface area contributed by atoms with Gasteiger partial charge in [-0.25, -0.2) is 0 Å². The van der Waals surface area contributed by atoms with Gasteiger partial charge in [-0.15, -0.1) is 5.10 Å². The molecule has 7 heteroatoms. The van der Waals surface area contributed by atoms with E-state index < -0.39 is 4.92 Å². The second-order valence-electron chi connectivity index (χ2n) is 4.52. The maximum absolute atomic E-state index is 10.9. The van der Waals surface area contributed by atoms with E-state index in [2.05, 4.69) is 5.10 Å². The van der Waals surface area contributed by atoms with Crippen molar-refractivity contribution in [2.24, 2.45) is 7.05 Å². The molecule has 0 amide bonds. The van der Waals surface area contributed by atoms with Gasteiger partial charge < -0.3 is 9.84 Å². The molecule has 0 bridgehead atoms. The minimum atomic E-state index is -0.583. The van der Waals surface area contributed by atoms with E-state index in [1.54, 1.807) is 19.2 Å². The molecule has 0 saturated heterocycles. The van der Waals surface area contributed by atoms with Gasteiger partial charge in [-0.2, -0.15) is 0 Å². The van der Waals surface area contributed by atoms with E-state index in [1.807, 2.05) is 24.3 Å². The van der Waals surface area contributed by atoms with E-state index in [4.69, 9.17) is 4.74 Å². The highest BCUT2D eigenvalue weighted by Crippen LogP contribution is 2.37. The largest absolute Gasteiger partial charge is 0.504 e. The average Bonchev–Trinajstić information content (AvgIpc) is 2.81. The fourth-order valence-corrected chi connectivity index (χ4v) is 2.05. The monoisotopic (exact) mass is 285 g/mol. The molecule has 1 N–H and O–H groups in total. The summed E-state index contributed by atoms with van der Waals surface area (Å²) in [6, 6.07) is 10.6. The van der Waals surface area contributed by atoms with Crippen LogP contribution < -0.4 is 4.74 Å². The normalized spacial score (nSPS) is 10.7. The number of rotatable bonds is 3. The molecule has 106 valence electrons. The lowest BCUT2D eigenvalue weighted by Crippen LogP contribution is -1.92. The number of nitrogens with zero attached hydrogens (tertiary/aromatic N) is 3. The lowest BCUT2D eigenvalue weighted by molar-refractivity contribution is -0.385. The van der Waals surface area contributed by atoms with Crippen LogP contribution in [0.3, 0.4) is 0 Å². The fourth-order valence-electron chi connectivity index (χ4n) is 2.05. The quantitative estimate of drug-likeness (QED) is 0.590. The van der Waals surface area contributed by atoms with Crippen LogP contribution in [-0.4, -0.2) is 19.8 Å². The molecule has 0 saturated carbocycles. The van der Waals surface area contributed by atoms with Crippen LogP contribution in [0, 0.1) is 10.1 Å². The molecule has 0 spiro atoms. The molecule has 3 rings (SSSR count). The number of phenols is 1. The number of aryl methyl sites for hydroxylation is 1. The van der Waals surface area contributed by atoms with E-state index in [9.17, 15) is 15.2 Å².